The molecule has 0 radical (unpaired) electrons. The van der Waals surface area contributed by atoms with Crippen molar-refractivity contribution in [1.29, 1.82) is 0 Å². The van der Waals surface area contributed by atoms with Gasteiger partial charge in [-0.1, -0.05) is 88.6 Å². The van der Waals surface area contributed by atoms with Crippen LogP contribution in [-0.2, 0) is 14.3 Å². The lowest BCUT2D eigenvalue weighted by molar-refractivity contribution is -0.144. The molecule has 0 bridgehead atoms. The van der Waals surface area contributed by atoms with E-state index in [2.05, 4.69) is 19.1 Å². The number of esters is 2. The Kier molecular flexibility index (Phi) is 17.2. The number of allylic oxidation sites excluding steroid dienone is 2. The summed E-state index contributed by atoms with van der Waals surface area (Å²) in [6, 6.07) is 8.80. The highest BCUT2D eigenvalue weighted by Crippen LogP contribution is 2.10. The molecule has 4 heteroatoms. The van der Waals surface area contributed by atoms with Gasteiger partial charge in [0.15, 0.2) is 0 Å². The summed E-state index contributed by atoms with van der Waals surface area (Å²) in [6.45, 7) is 2.46. The molecule has 0 saturated carbocycles. The van der Waals surface area contributed by atoms with Crippen LogP contribution in [0.1, 0.15) is 107 Å². The standard InChI is InChI=1S/C27H42O4/c1-2-3-4-5-6-7-8-9-10-11-12-13-14-15-19-22-26(28)30-23-24-31-27(29)25-20-17-16-18-21-25/h9-10,16-18,20-21H,2-8,11-15,19,22-24H2,1H3. The Labute approximate surface area is 189 Å². The van der Waals surface area contributed by atoms with Crippen LogP contribution in [0.2, 0.25) is 0 Å². The highest BCUT2D eigenvalue weighted by atomic mass is 16.6. The number of rotatable bonds is 19. The van der Waals surface area contributed by atoms with Crippen molar-refractivity contribution in [3.63, 3.8) is 0 Å². The summed E-state index contributed by atoms with van der Waals surface area (Å²) < 4.78 is 10.2. The maximum atomic E-state index is 11.8. The van der Waals surface area contributed by atoms with E-state index >= 15 is 0 Å². The van der Waals surface area contributed by atoms with Crippen molar-refractivity contribution in [3.8, 4) is 0 Å². The molecule has 31 heavy (non-hydrogen) atoms. The van der Waals surface area contributed by atoms with Crippen molar-refractivity contribution in [2.24, 2.45) is 0 Å². The highest BCUT2D eigenvalue weighted by molar-refractivity contribution is 5.89. The van der Waals surface area contributed by atoms with Gasteiger partial charge >= 0.3 is 11.9 Å². The number of hydrogen-bond donors (Lipinski definition) is 0. The van der Waals surface area contributed by atoms with Gasteiger partial charge in [0.1, 0.15) is 13.2 Å². The Morgan fingerprint density at radius 1 is 0.710 bits per heavy atom. The van der Waals surface area contributed by atoms with Crippen LogP contribution < -0.4 is 0 Å². The number of benzene rings is 1. The van der Waals surface area contributed by atoms with Gasteiger partial charge < -0.3 is 9.47 Å². The molecule has 4 nitrogen and oxygen atoms in total. The van der Waals surface area contributed by atoms with Crippen molar-refractivity contribution >= 4 is 11.9 Å². The second-order valence-corrected chi connectivity index (χ2v) is 8.06. The molecular weight excluding hydrogens is 388 g/mol. The van der Waals surface area contributed by atoms with Gasteiger partial charge in [-0.3, -0.25) is 4.79 Å². The molecule has 0 N–H and O–H groups in total. The van der Waals surface area contributed by atoms with E-state index < -0.39 is 5.97 Å². The highest BCUT2D eigenvalue weighted by Gasteiger charge is 2.07. The van der Waals surface area contributed by atoms with Crippen molar-refractivity contribution in [2.75, 3.05) is 13.2 Å². The molecule has 0 aromatic heterocycles. The molecule has 0 atom stereocenters. The second kappa shape index (κ2) is 19.8. The largest absolute Gasteiger partial charge is 0.462 e. The van der Waals surface area contributed by atoms with Crippen LogP contribution in [0.15, 0.2) is 42.5 Å². The minimum atomic E-state index is -0.395. The molecule has 1 rings (SSSR count). The first-order chi connectivity index (χ1) is 15.2. The molecule has 0 saturated heterocycles. The summed E-state index contributed by atoms with van der Waals surface area (Å²) in [5.74, 6) is -0.609. The van der Waals surface area contributed by atoms with Crippen molar-refractivity contribution in [1.82, 2.24) is 0 Å². The molecule has 0 amide bonds. The predicted octanol–water partition coefficient (Wildman–Crippen LogP) is 7.42. The Morgan fingerprint density at radius 3 is 1.90 bits per heavy atom. The van der Waals surface area contributed by atoms with E-state index in [1.165, 1.54) is 64.2 Å². The minimum Gasteiger partial charge on any atom is -0.462 e. The molecular formula is C27H42O4. The number of unbranched alkanes of at least 4 members (excludes halogenated alkanes) is 11. The van der Waals surface area contributed by atoms with Gasteiger partial charge in [0, 0.05) is 6.42 Å². The zero-order chi connectivity index (χ0) is 22.4. The van der Waals surface area contributed by atoms with Gasteiger partial charge in [0.2, 0.25) is 0 Å². The van der Waals surface area contributed by atoms with Crippen LogP contribution in [-0.4, -0.2) is 25.2 Å². The Morgan fingerprint density at radius 2 is 1.26 bits per heavy atom. The lowest BCUT2D eigenvalue weighted by Gasteiger charge is -2.06. The van der Waals surface area contributed by atoms with Crippen LogP contribution in [0.4, 0.5) is 0 Å². The van der Waals surface area contributed by atoms with Crippen molar-refractivity contribution < 1.29 is 19.1 Å². The molecule has 0 aliphatic carbocycles. The van der Waals surface area contributed by atoms with E-state index in [-0.39, 0.29) is 19.2 Å². The molecule has 0 unspecified atom stereocenters. The van der Waals surface area contributed by atoms with Gasteiger partial charge in [-0.25, -0.2) is 4.79 Å². The fraction of sp³-hybridized carbons (Fsp3) is 0.630. The normalized spacial score (nSPS) is 11.0. The molecule has 1 aromatic rings. The Hall–Kier alpha value is -2.10. The van der Waals surface area contributed by atoms with Gasteiger partial charge in [-0.2, -0.15) is 0 Å². The van der Waals surface area contributed by atoms with Gasteiger partial charge in [0.25, 0.3) is 0 Å². The molecule has 0 aliphatic rings. The molecule has 0 aliphatic heterocycles. The molecule has 1 aromatic carbocycles. The van der Waals surface area contributed by atoms with Crippen LogP contribution >= 0.6 is 0 Å². The number of carbonyl (C=O) groups excluding carboxylic acids is 2. The van der Waals surface area contributed by atoms with E-state index in [1.54, 1.807) is 24.3 Å². The summed E-state index contributed by atoms with van der Waals surface area (Å²) in [6.07, 6.45) is 21.2. The minimum absolute atomic E-state index is 0.0891. The third-order valence-corrected chi connectivity index (χ3v) is 5.23. The van der Waals surface area contributed by atoms with Crippen LogP contribution in [0.5, 0.6) is 0 Å². The van der Waals surface area contributed by atoms with Crippen LogP contribution in [0, 0.1) is 0 Å². The quantitative estimate of drug-likeness (QED) is 0.130. The smallest absolute Gasteiger partial charge is 0.338 e. The van der Waals surface area contributed by atoms with Gasteiger partial charge in [-0.15, -0.1) is 0 Å². The van der Waals surface area contributed by atoms with E-state index in [9.17, 15) is 9.59 Å². The number of ether oxygens (including phenoxy) is 2. The van der Waals surface area contributed by atoms with E-state index in [1.807, 2.05) is 6.07 Å². The third kappa shape index (κ3) is 16.3. The first-order valence-corrected chi connectivity index (χ1v) is 12.3. The zero-order valence-electron chi connectivity index (χ0n) is 19.5. The summed E-state index contributed by atoms with van der Waals surface area (Å²) in [4.78, 5) is 23.5. The Bertz CT molecular complexity index is 595. The molecule has 0 heterocycles. The topological polar surface area (TPSA) is 52.6 Å². The summed E-state index contributed by atoms with van der Waals surface area (Å²) >= 11 is 0. The molecule has 0 spiro atoms. The first-order valence-electron chi connectivity index (χ1n) is 12.3. The third-order valence-electron chi connectivity index (χ3n) is 5.23. The first kappa shape index (κ1) is 26.9. The van der Waals surface area contributed by atoms with Crippen LogP contribution in [0.3, 0.4) is 0 Å². The zero-order valence-corrected chi connectivity index (χ0v) is 19.5. The van der Waals surface area contributed by atoms with E-state index in [0.717, 1.165) is 19.3 Å². The maximum Gasteiger partial charge on any atom is 0.338 e. The van der Waals surface area contributed by atoms with Gasteiger partial charge in [0.05, 0.1) is 5.56 Å². The van der Waals surface area contributed by atoms with Crippen LogP contribution in [0.25, 0.3) is 0 Å². The lowest BCUT2D eigenvalue weighted by Crippen LogP contribution is -2.13. The fourth-order valence-electron chi connectivity index (χ4n) is 3.36. The van der Waals surface area contributed by atoms with E-state index in [4.69, 9.17) is 9.47 Å². The SMILES string of the molecule is CCCCCCCCC=CCCCCCCCC(=O)OCCOC(=O)c1ccccc1. The molecule has 0 fully saturated rings. The lowest BCUT2D eigenvalue weighted by atomic mass is 10.1. The van der Waals surface area contributed by atoms with E-state index in [0.29, 0.717) is 12.0 Å². The maximum absolute atomic E-state index is 11.8. The average molecular weight is 431 g/mol. The number of hydrogen-bond acceptors (Lipinski definition) is 4. The fourth-order valence-corrected chi connectivity index (χ4v) is 3.36. The second-order valence-electron chi connectivity index (χ2n) is 8.06. The van der Waals surface area contributed by atoms with Crippen molar-refractivity contribution in [2.45, 2.75) is 96.8 Å². The summed E-state index contributed by atoms with van der Waals surface area (Å²) in [5.41, 5.74) is 0.502. The summed E-state index contributed by atoms with van der Waals surface area (Å²) in [7, 11) is 0. The average Bonchev–Trinajstić information content (AvgIpc) is 2.79. The summed E-state index contributed by atoms with van der Waals surface area (Å²) in [5, 5.41) is 0. The van der Waals surface area contributed by atoms with Gasteiger partial charge in [-0.05, 0) is 44.2 Å². The Balaban J connectivity index is 1.84. The monoisotopic (exact) mass is 430 g/mol. The number of carbonyl (C=O) groups is 2. The van der Waals surface area contributed by atoms with Crippen molar-refractivity contribution in [3.05, 3.63) is 48.0 Å². The predicted molar refractivity (Wildman–Crippen MR) is 127 cm³/mol. The molecule has 174 valence electrons.